The zero-order valence-corrected chi connectivity index (χ0v) is 14.2. The molecule has 1 N–H and O–H groups in total. The van der Waals surface area contributed by atoms with Gasteiger partial charge in [0.2, 0.25) is 0 Å². The molecule has 1 heterocycles. The first-order valence-electron chi connectivity index (χ1n) is 8.29. The van der Waals surface area contributed by atoms with Crippen LogP contribution in [0.5, 0.6) is 0 Å². The van der Waals surface area contributed by atoms with Gasteiger partial charge in [-0.2, -0.15) is 0 Å². The second kappa shape index (κ2) is 8.82. The summed E-state index contributed by atoms with van der Waals surface area (Å²) in [6.45, 7) is 5.11. The van der Waals surface area contributed by atoms with E-state index >= 15 is 0 Å². The standard InChI is InChI=1S/C19H23N3O2/c1-3-5-14-20-18(23)16-12-9-13-17(21-16)19(24)22(4-2)15-10-7-6-8-11-15/h6-13H,3-5,14H2,1-2H3,(H,20,23). The topological polar surface area (TPSA) is 62.3 Å². The number of benzene rings is 1. The van der Waals surface area contributed by atoms with Crippen LogP contribution < -0.4 is 10.2 Å². The molecule has 5 nitrogen and oxygen atoms in total. The highest BCUT2D eigenvalue weighted by atomic mass is 16.2. The number of para-hydroxylation sites is 1. The minimum Gasteiger partial charge on any atom is -0.351 e. The molecule has 0 aliphatic carbocycles. The second-order valence-corrected chi connectivity index (χ2v) is 5.40. The van der Waals surface area contributed by atoms with E-state index in [2.05, 4.69) is 17.2 Å². The number of anilines is 1. The number of amides is 2. The smallest absolute Gasteiger partial charge is 0.276 e. The number of hydrogen-bond acceptors (Lipinski definition) is 3. The van der Waals surface area contributed by atoms with E-state index in [1.807, 2.05) is 37.3 Å². The van der Waals surface area contributed by atoms with E-state index in [4.69, 9.17) is 0 Å². The van der Waals surface area contributed by atoms with Gasteiger partial charge in [0.1, 0.15) is 11.4 Å². The first-order chi connectivity index (χ1) is 11.7. The van der Waals surface area contributed by atoms with E-state index in [1.54, 1.807) is 23.1 Å². The Morgan fingerprint density at radius 3 is 2.38 bits per heavy atom. The predicted octanol–water partition coefficient (Wildman–Crippen LogP) is 3.28. The molecule has 5 heteroatoms. The van der Waals surface area contributed by atoms with E-state index < -0.39 is 0 Å². The van der Waals surface area contributed by atoms with Gasteiger partial charge >= 0.3 is 0 Å². The van der Waals surface area contributed by atoms with Gasteiger partial charge < -0.3 is 10.2 Å². The van der Waals surface area contributed by atoms with Crippen molar-refractivity contribution in [2.75, 3.05) is 18.0 Å². The number of aromatic nitrogens is 1. The van der Waals surface area contributed by atoms with E-state index in [1.165, 1.54) is 0 Å². The van der Waals surface area contributed by atoms with Crippen molar-refractivity contribution in [1.82, 2.24) is 10.3 Å². The monoisotopic (exact) mass is 325 g/mol. The molecular formula is C19H23N3O2. The molecule has 0 aliphatic rings. The Morgan fingerprint density at radius 2 is 1.71 bits per heavy atom. The van der Waals surface area contributed by atoms with Crippen LogP contribution in [0.4, 0.5) is 5.69 Å². The van der Waals surface area contributed by atoms with E-state index in [9.17, 15) is 9.59 Å². The molecule has 1 aromatic heterocycles. The number of pyridine rings is 1. The number of unbranched alkanes of at least 4 members (excludes halogenated alkanes) is 1. The lowest BCUT2D eigenvalue weighted by Gasteiger charge is -2.20. The van der Waals surface area contributed by atoms with Gasteiger partial charge in [-0.3, -0.25) is 9.59 Å². The normalized spacial score (nSPS) is 10.2. The molecule has 0 saturated heterocycles. The average Bonchev–Trinajstić information content (AvgIpc) is 2.63. The largest absolute Gasteiger partial charge is 0.351 e. The Bertz CT molecular complexity index is 686. The summed E-state index contributed by atoms with van der Waals surface area (Å²) in [6.07, 6.45) is 1.93. The van der Waals surface area contributed by atoms with Gasteiger partial charge in [-0.15, -0.1) is 0 Å². The number of nitrogens with zero attached hydrogens (tertiary/aromatic N) is 2. The molecule has 0 aliphatic heterocycles. The van der Waals surface area contributed by atoms with Crippen LogP contribution in [-0.4, -0.2) is 29.9 Å². The lowest BCUT2D eigenvalue weighted by molar-refractivity contribution is 0.0947. The molecule has 0 fully saturated rings. The molecule has 126 valence electrons. The van der Waals surface area contributed by atoms with Crippen LogP contribution in [0.3, 0.4) is 0 Å². The highest BCUT2D eigenvalue weighted by Gasteiger charge is 2.18. The quantitative estimate of drug-likeness (QED) is 0.795. The van der Waals surface area contributed by atoms with E-state index in [0.717, 1.165) is 18.5 Å². The molecule has 0 spiro atoms. The summed E-state index contributed by atoms with van der Waals surface area (Å²) in [5.74, 6) is -0.465. The van der Waals surface area contributed by atoms with Crippen molar-refractivity contribution in [2.45, 2.75) is 26.7 Å². The van der Waals surface area contributed by atoms with Crippen molar-refractivity contribution in [1.29, 1.82) is 0 Å². The van der Waals surface area contributed by atoms with Gasteiger partial charge in [-0.1, -0.05) is 37.6 Å². The zero-order chi connectivity index (χ0) is 17.4. The summed E-state index contributed by atoms with van der Waals surface area (Å²) in [5.41, 5.74) is 1.34. The van der Waals surface area contributed by atoms with Gasteiger partial charge in [-0.05, 0) is 37.6 Å². The van der Waals surface area contributed by atoms with Crippen molar-refractivity contribution in [3.05, 3.63) is 59.9 Å². The number of nitrogens with one attached hydrogen (secondary N) is 1. The minimum absolute atomic E-state index is 0.216. The highest BCUT2D eigenvalue weighted by Crippen LogP contribution is 2.16. The van der Waals surface area contributed by atoms with Crippen LogP contribution in [0.15, 0.2) is 48.5 Å². The maximum atomic E-state index is 12.7. The van der Waals surface area contributed by atoms with E-state index in [0.29, 0.717) is 13.1 Å². The van der Waals surface area contributed by atoms with Crippen molar-refractivity contribution in [3.8, 4) is 0 Å². The summed E-state index contributed by atoms with van der Waals surface area (Å²) in [7, 11) is 0. The Hall–Kier alpha value is -2.69. The molecule has 2 aromatic rings. The van der Waals surface area contributed by atoms with Crippen LogP contribution in [0.2, 0.25) is 0 Å². The fraction of sp³-hybridized carbons (Fsp3) is 0.316. The van der Waals surface area contributed by atoms with Crippen molar-refractivity contribution in [3.63, 3.8) is 0 Å². The minimum atomic E-state index is -0.249. The van der Waals surface area contributed by atoms with Crippen molar-refractivity contribution in [2.24, 2.45) is 0 Å². The Balaban J connectivity index is 2.17. The highest BCUT2D eigenvalue weighted by molar-refractivity contribution is 6.05. The zero-order valence-electron chi connectivity index (χ0n) is 14.2. The van der Waals surface area contributed by atoms with Crippen LogP contribution in [0.25, 0.3) is 0 Å². The first kappa shape index (κ1) is 17.7. The lowest BCUT2D eigenvalue weighted by atomic mass is 10.2. The molecule has 1 aromatic carbocycles. The Labute approximate surface area is 142 Å². The molecule has 24 heavy (non-hydrogen) atoms. The number of hydrogen-bond donors (Lipinski definition) is 1. The van der Waals surface area contributed by atoms with Gasteiger partial charge in [0.15, 0.2) is 0 Å². The molecule has 0 unspecified atom stereocenters. The summed E-state index contributed by atoms with van der Waals surface area (Å²) >= 11 is 0. The number of carbonyl (C=O) groups is 2. The van der Waals surface area contributed by atoms with Gasteiger partial charge in [-0.25, -0.2) is 4.98 Å². The van der Waals surface area contributed by atoms with Crippen LogP contribution in [0.1, 0.15) is 47.7 Å². The number of rotatable bonds is 7. The lowest BCUT2D eigenvalue weighted by Crippen LogP contribution is -2.32. The second-order valence-electron chi connectivity index (χ2n) is 5.40. The molecule has 2 rings (SSSR count). The third-order valence-corrected chi connectivity index (χ3v) is 3.65. The fourth-order valence-electron chi connectivity index (χ4n) is 2.34. The summed E-state index contributed by atoms with van der Waals surface area (Å²) in [5, 5.41) is 2.81. The molecule has 0 bridgehead atoms. The predicted molar refractivity (Wildman–Crippen MR) is 95.3 cm³/mol. The third kappa shape index (κ3) is 4.41. The maximum Gasteiger partial charge on any atom is 0.276 e. The fourth-order valence-corrected chi connectivity index (χ4v) is 2.34. The Kier molecular flexibility index (Phi) is 6.49. The summed E-state index contributed by atoms with van der Waals surface area (Å²) in [6, 6.07) is 14.4. The summed E-state index contributed by atoms with van der Waals surface area (Å²) in [4.78, 5) is 30.7. The summed E-state index contributed by atoms with van der Waals surface area (Å²) < 4.78 is 0. The molecular weight excluding hydrogens is 302 g/mol. The Morgan fingerprint density at radius 1 is 1.00 bits per heavy atom. The van der Waals surface area contributed by atoms with Gasteiger partial charge in [0.05, 0.1) is 0 Å². The van der Waals surface area contributed by atoms with Gasteiger partial charge in [0, 0.05) is 18.8 Å². The van der Waals surface area contributed by atoms with Crippen LogP contribution in [0, 0.1) is 0 Å². The third-order valence-electron chi connectivity index (χ3n) is 3.65. The maximum absolute atomic E-state index is 12.7. The number of carbonyl (C=O) groups excluding carboxylic acids is 2. The van der Waals surface area contributed by atoms with Crippen molar-refractivity contribution < 1.29 is 9.59 Å². The van der Waals surface area contributed by atoms with Crippen molar-refractivity contribution >= 4 is 17.5 Å². The molecule has 2 amide bonds. The van der Waals surface area contributed by atoms with Gasteiger partial charge in [0.25, 0.3) is 11.8 Å². The van der Waals surface area contributed by atoms with Crippen LogP contribution >= 0.6 is 0 Å². The molecule has 0 saturated carbocycles. The van der Waals surface area contributed by atoms with E-state index in [-0.39, 0.29) is 23.2 Å². The SMILES string of the molecule is CCCCNC(=O)c1cccc(C(=O)N(CC)c2ccccc2)n1. The molecule has 0 radical (unpaired) electrons. The van der Waals surface area contributed by atoms with Crippen LogP contribution in [-0.2, 0) is 0 Å². The first-order valence-corrected chi connectivity index (χ1v) is 8.29. The average molecular weight is 325 g/mol. The molecule has 0 atom stereocenters.